The first-order valence-corrected chi connectivity index (χ1v) is 9.97. The summed E-state index contributed by atoms with van der Waals surface area (Å²) in [7, 11) is 0. The van der Waals surface area contributed by atoms with Crippen LogP contribution in [0.1, 0.15) is 22.8 Å². The van der Waals surface area contributed by atoms with Crippen molar-refractivity contribution in [1.82, 2.24) is 0 Å². The first-order chi connectivity index (χ1) is 14.2. The molecule has 0 heterocycles. The smallest absolute Gasteiger partial charge is 0.105 e. The lowest BCUT2D eigenvalue weighted by Crippen LogP contribution is -2.03. The van der Waals surface area contributed by atoms with Crippen molar-refractivity contribution in [3.63, 3.8) is 0 Å². The molecule has 1 atom stereocenters. The molecule has 0 fully saturated rings. The number of aliphatic hydroxyl groups excluding tert-OH is 1. The van der Waals surface area contributed by atoms with Crippen LogP contribution in [0.15, 0.2) is 103 Å². The lowest BCUT2D eigenvalue weighted by atomic mass is 9.85. The molecule has 1 unspecified atom stereocenters. The maximum absolute atomic E-state index is 11.4. The molecular weight excluding hydrogens is 352 g/mol. The van der Waals surface area contributed by atoms with E-state index in [4.69, 9.17) is 0 Å². The lowest BCUT2D eigenvalue weighted by molar-refractivity contribution is 0.221. The summed E-state index contributed by atoms with van der Waals surface area (Å²) in [5.41, 5.74) is 5.37. The summed E-state index contributed by atoms with van der Waals surface area (Å²) in [6.07, 6.45) is -0.686. The van der Waals surface area contributed by atoms with E-state index in [1.54, 1.807) is 0 Å². The molecule has 0 amide bonds. The highest BCUT2D eigenvalue weighted by Gasteiger charge is 2.20. The van der Waals surface area contributed by atoms with Crippen molar-refractivity contribution in [1.29, 1.82) is 0 Å². The van der Waals surface area contributed by atoms with Gasteiger partial charge in [-0.2, -0.15) is 0 Å². The summed E-state index contributed by atoms with van der Waals surface area (Å²) in [5.74, 6) is 0. The van der Waals surface area contributed by atoms with Crippen molar-refractivity contribution in [2.45, 2.75) is 13.0 Å². The molecule has 29 heavy (non-hydrogen) atoms. The highest BCUT2D eigenvalue weighted by molar-refractivity contribution is 6.07. The van der Waals surface area contributed by atoms with Gasteiger partial charge >= 0.3 is 0 Å². The summed E-state index contributed by atoms with van der Waals surface area (Å²) in [5, 5.41) is 16.1. The zero-order chi connectivity index (χ0) is 19.8. The summed E-state index contributed by atoms with van der Waals surface area (Å²) in [6, 6.07) is 35.4. The molecule has 0 aromatic heterocycles. The number of hydrogen-bond donors (Lipinski definition) is 1. The Morgan fingerprint density at radius 1 is 0.552 bits per heavy atom. The molecule has 0 spiro atoms. The number of aliphatic hydroxyl groups is 1. The minimum atomic E-state index is -0.686. The van der Waals surface area contributed by atoms with Gasteiger partial charge in [-0.3, -0.25) is 0 Å². The van der Waals surface area contributed by atoms with Gasteiger partial charge in [0.05, 0.1) is 0 Å². The molecule has 5 aromatic carbocycles. The van der Waals surface area contributed by atoms with Gasteiger partial charge < -0.3 is 5.11 Å². The largest absolute Gasteiger partial charge is 0.384 e. The third kappa shape index (κ3) is 3.00. The van der Waals surface area contributed by atoms with E-state index in [-0.39, 0.29) is 0 Å². The Balaban J connectivity index is 1.89. The van der Waals surface area contributed by atoms with Crippen LogP contribution in [0.4, 0.5) is 0 Å². The maximum Gasteiger partial charge on any atom is 0.105 e. The minimum Gasteiger partial charge on any atom is -0.384 e. The summed E-state index contributed by atoms with van der Waals surface area (Å²) in [6.45, 7) is 2.15. The third-order valence-electron chi connectivity index (χ3n) is 5.76. The molecule has 0 bridgehead atoms. The van der Waals surface area contributed by atoms with E-state index in [2.05, 4.69) is 79.7 Å². The minimum absolute atomic E-state index is 0.686. The summed E-state index contributed by atoms with van der Waals surface area (Å²) < 4.78 is 0. The normalized spacial score (nSPS) is 12.3. The van der Waals surface area contributed by atoms with E-state index < -0.39 is 6.10 Å². The third-order valence-corrected chi connectivity index (χ3v) is 5.76. The van der Waals surface area contributed by atoms with Crippen LogP contribution in [0.5, 0.6) is 0 Å². The second-order valence-electron chi connectivity index (χ2n) is 7.54. The van der Waals surface area contributed by atoms with Crippen molar-refractivity contribution in [2.24, 2.45) is 0 Å². The van der Waals surface area contributed by atoms with Crippen molar-refractivity contribution in [3.05, 3.63) is 120 Å². The molecular formula is C28H22O. The Morgan fingerprint density at radius 2 is 1.10 bits per heavy atom. The Hall–Kier alpha value is -3.42. The van der Waals surface area contributed by atoms with Crippen LogP contribution in [-0.4, -0.2) is 5.11 Å². The van der Waals surface area contributed by atoms with Crippen molar-refractivity contribution in [2.75, 3.05) is 0 Å². The van der Waals surface area contributed by atoms with Gasteiger partial charge in [0.25, 0.3) is 0 Å². The van der Waals surface area contributed by atoms with Crippen molar-refractivity contribution < 1.29 is 5.11 Å². The fraction of sp³-hybridized carbons (Fsp3) is 0.0714. The monoisotopic (exact) mass is 374 g/mol. The highest BCUT2D eigenvalue weighted by atomic mass is 16.3. The highest BCUT2D eigenvalue weighted by Crippen LogP contribution is 2.42. The molecule has 0 aliphatic heterocycles. The molecule has 0 saturated carbocycles. The van der Waals surface area contributed by atoms with Crippen LogP contribution in [0.25, 0.3) is 32.7 Å². The van der Waals surface area contributed by atoms with Gasteiger partial charge in [-0.25, -0.2) is 0 Å². The molecule has 140 valence electrons. The number of rotatable bonds is 3. The van der Waals surface area contributed by atoms with Crippen molar-refractivity contribution in [3.8, 4) is 11.1 Å². The van der Waals surface area contributed by atoms with Gasteiger partial charge in [0.2, 0.25) is 0 Å². The van der Waals surface area contributed by atoms with Crippen molar-refractivity contribution >= 4 is 21.5 Å². The second-order valence-corrected chi connectivity index (χ2v) is 7.54. The summed E-state index contributed by atoms with van der Waals surface area (Å²) >= 11 is 0. The van der Waals surface area contributed by atoms with Crippen LogP contribution in [0.2, 0.25) is 0 Å². The molecule has 0 aliphatic rings. The molecule has 5 aromatic rings. The quantitative estimate of drug-likeness (QED) is 0.359. The second kappa shape index (κ2) is 7.20. The van der Waals surface area contributed by atoms with Gasteiger partial charge in [-0.15, -0.1) is 0 Å². The van der Waals surface area contributed by atoms with Crippen LogP contribution >= 0.6 is 0 Å². The SMILES string of the molecule is Cc1ccc2ccccc2c1-c1c(C(O)c2ccccc2)ccc2ccccc12. The van der Waals surface area contributed by atoms with Crippen LogP contribution < -0.4 is 0 Å². The Bertz CT molecular complexity index is 1320. The molecule has 1 N–H and O–H groups in total. The predicted octanol–water partition coefficient (Wildman–Crippen LogP) is 7.05. The van der Waals surface area contributed by atoms with E-state index in [0.717, 1.165) is 16.7 Å². The summed E-state index contributed by atoms with van der Waals surface area (Å²) in [4.78, 5) is 0. The molecule has 0 aliphatic carbocycles. The molecule has 5 rings (SSSR count). The number of aryl methyl sites for hydroxylation is 1. The first kappa shape index (κ1) is 17.7. The van der Waals surface area contributed by atoms with E-state index >= 15 is 0 Å². The zero-order valence-corrected chi connectivity index (χ0v) is 16.3. The Labute approximate surface area is 170 Å². The molecule has 0 saturated heterocycles. The van der Waals surface area contributed by atoms with Gasteiger partial charge in [0, 0.05) is 0 Å². The number of fused-ring (bicyclic) bond motifs is 2. The lowest BCUT2D eigenvalue weighted by Gasteiger charge is -2.21. The van der Waals surface area contributed by atoms with Gasteiger partial charge in [0.1, 0.15) is 6.10 Å². The number of benzene rings is 5. The average Bonchev–Trinajstić information content (AvgIpc) is 2.79. The fourth-order valence-electron chi connectivity index (χ4n) is 4.32. The molecule has 1 nitrogen and oxygen atoms in total. The topological polar surface area (TPSA) is 20.2 Å². The van der Waals surface area contributed by atoms with Gasteiger partial charge in [-0.1, -0.05) is 103 Å². The molecule has 1 heteroatoms. The zero-order valence-electron chi connectivity index (χ0n) is 16.3. The van der Waals surface area contributed by atoms with E-state index in [1.807, 2.05) is 30.3 Å². The number of hydrogen-bond acceptors (Lipinski definition) is 1. The van der Waals surface area contributed by atoms with Gasteiger partial charge in [0.15, 0.2) is 0 Å². The average molecular weight is 374 g/mol. The van der Waals surface area contributed by atoms with Crippen LogP contribution in [0, 0.1) is 6.92 Å². The van der Waals surface area contributed by atoms with E-state index in [0.29, 0.717) is 0 Å². The standard InChI is InChI=1S/C28H22O/c1-19-15-16-20-9-5-7-13-23(20)26(19)27-24-14-8-6-10-21(24)17-18-25(27)28(29)22-11-3-2-4-12-22/h2-18,28-29H,1H3. The fourth-order valence-corrected chi connectivity index (χ4v) is 4.32. The first-order valence-electron chi connectivity index (χ1n) is 9.97. The van der Waals surface area contributed by atoms with Gasteiger partial charge in [-0.05, 0) is 56.3 Å². The Morgan fingerprint density at radius 3 is 1.79 bits per heavy atom. The Kier molecular flexibility index (Phi) is 4.38. The van der Waals surface area contributed by atoms with Crippen LogP contribution in [0.3, 0.4) is 0 Å². The van der Waals surface area contributed by atoms with E-state index in [9.17, 15) is 5.11 Å². The maximum atomic E-state index is 11.4. The predicted molar refractivity (Wildman–Crippen MR) is 122 cm³/mol. The van der Waals surface area contributed by atoms with Crippen LogP contribution in [-0.2, 0) is 0 Å². The molecule has 0 radical (unpaired) electrons. The van der Waals surface area contributed by atoms with E-state index in [1.165, 1.54) is 32.7 Å².